The van der Waals surface area contributed by atoms with Crippen molar-refractivity contribution in [1.29, 1.82) is 0 Å². The van der Waals surface area contributed by atoms with Gasteiger partial charge in [-0.15, -0.1) is 0 Å². The Labute approximate surface area is 202 Å². The Kier molecular flexibility index (Phi) is 6.71. The van der Waals surface area contributed by atoms with Crippen molar-refractivity contribution in [1.82, 2.24) is 14.8 Å². The van der Waals surface area contributed by atoms with Gasteiger partial charge < -0.3 is 24.3 Å². The maximum absolute atomic E-state index is 12.6. The molecule has 5 rings (SSSR count). The number of nitrogens with zero attached hydrogens (tertiary/aromatic N) is 2. The lowest BCUT2D eigenvalue weighted by Gasteiger charge is -2.32. The van der Waals surface area contributed by atoms with Gasteiger partial charge in [-0.05, 0) is 74.3 Å². The molecule has 0 amide bonds. The molecule has 7 heteroatoms. The van der Waals surface area contributed by atoms with E-state index < -0.39 is 0 Å². The molecule has 2 aliphatic heterocycles. The van der Waals surface area contributed by atoms with Gasteiger partial charge >= 0.3 is 0 Å². The first-order chi connectivity index (χ1) is 16.1. The van der Waals surface area contributed by atoms with Crippen molar-refractivity contribution < 1.29 is 9.47 Å². The van der Waals surface area contributed by atoms with Crippen molar-refractivity contribution in [3.63, 3.8) is 0 Å². The summed E-state index contributed by atoms with van der Waals surface area (Å²) in [7, 11) is 0. The summed E-state index contributed by atoms with van der Waals surface area (Å²) >= 11 is 3.64. The predicted octanol–water partition coefficient (Wildman–Crippen LogP) is 4.10. The SMILES string of the molecule is Cc1cc(Br)c2ccc(=O)n(CCN3CCC(NCc4ccc5c(c4)OCCO5)CC3)c2c1. The molecule has 1 aromatic heterocycles. The number of fused-ring (bicyclic) bond motifs is 2. The Morgan fingerprint density at radius 2 is 1.79 bits per heavy atom. The van der Waals surface area contributed by atoms with Crippen LogP contribution in [0.1, 0.15) is 24.0 Å². The number of piperidine rings is 1. The molecule has 6 nitrogen and oxygen atoms in total. The fourth-order valence-corrected chi connectivity index (χ4v) is 5.48. The zero-order valence-corrected chi connectivity index (χ0v) is 20.6. The van der Waals surface area contributed by atoms with Crippen LogP contribution in [0, 0.1) is 6.92 Å². The van der Waals surface area contributed by atoms with E-state index in [9.17, 15) is 4.79 Å². The van der Waals surface area contributed by atoms with Crippen molar-refractivity contribution >= 4 is 26.8 Å². The number of aromatic nitrogens is 1. The van der Waals surface area contributed by atoms with Crippen LogP contribution in [0.4, 0.5) is 0 Å². The fourth-order valence-electron chi connectivity index (χ4n) is 4.78. The van der Waals surface area contributed by atoms with Gasteiger partial charge in [0.25, 0.3) is 5.56 Å². The number of rotatable bonds is 6. The zero-order valence-electron chi connectivity index (χ0n) is 19.0. The molecular weight excluding hydrogens is 482 g/mol. The van der Waals surface area contributed by atoms with Crippen LogP contribution in [0.2, 0.25) is 0 Å². The van der Waals surface area contributed by atoms with Crippen LogP contribution in [0.3, 0.4) is 0 Å². The molecule has 2 aliphatic rings. The number of halogens is 1. The maximum Gasteiger partial charge on any atom is 0.251 e. The first kappa shape index (κ1) is 22.4. The van der Waals surface area contributed by atoms with Crippen molar-refractivity contribution in [3.05, 3.63) is 68.4 Å². The van der Waals surface area contributed by atoms with E-state index in [2.05, 4.69) is 57.3 Å². The number of nitrogens with one attached hydrogen (secondary N) is 1. The Hall–Kier alpha value is -2.35. The predicted molar refractivity (Wildman–Crippen MR) is 134 cm³/mol. The van der Waals surface area contributed by atoms with E-state index in [0.29, 0.717) is 25.8 Å². The van der Waals surface area contributed by atoms with E-state index in [1.54, 1.807) is 6.07 Å². The summed E-state index contributed by atoms with van der Waals surface area (Å²) < 4.78 is 14.3. The first-order valence-electron chi connectivity index (χ1n) is 11.7. The summed E-state index contributed by atoms with van der Waals surface area (Å²) in [5.41, 5.74) is 3.44. The molecule has 0 radical (unpaired) electrons. The third-order valence-electron chi connectivity index (χ3n) is 6.63. The van der Waals surface area contributed by atoms with Crippen molar-refractivity contribution in [2.24, 2.45) is 0 Å². The Morgan fingerprint density at radius 3 is 2.61 bits per heavy atom. The van der Waals surface area contributed by atoms with Gasteiger partial charge in [-0.1, -0.05) is 22.0 Å². The minimum absolute atomic E-state index is 0.0657. The van der Waals surface area contributed by atoms with Crippen LogP contribution in [0.15, 0.2) is 51.7 Å². The lowest BCUT2D eigenvalue weighted by molar-refractivity contribution is 0.171. The van der Waals surface area contributed by atoms with E-state index in [-0.39, 0.29) is 5.56 Å². The van der Waals surface area contributed by atoms with E-state index >= 15 is 0 Å². The average molecular weight is 512 g/mol. The lowest BCUT2D eigenvalue weighted by atomic mass is 10.0. The summed E-state index contributed by atoms with van der Waals surface area (Å²) in [4.78, 5) is 15.1. The smallest absolute Gasteiger partial charge is 0.251 e. The van der Waals surface area contributed by atoms with E-state index in [1.807, 2.05) is 16.7 Å². The highest BCUT2D eigenvalue weighted by Crippen LogP contribution is 2.31. The third-order valence-corrected chi connectivity index (χ3v) is 7.29. The first-order valence-corrected chi connectivity index (χ1v) is 12.5. The molecular formula is C26H30BrN3O3. The van der Waals surface area contributed by atoms with E-state index in [4.69, 9.17) is 9.47 Å². The van der Waals surface area contributed by atoms with Crippen molar-refractivity contribution in [2.75, 3.05) is 32.8 Å². The van der Waals surface area contributed by atoms with Crippen LogP contribution in [-0.4, -0.2) is 48.4 Å². The molecule has 0 spiro atoms. The summed E-state index contributed by atoms with van der Waals surface area (Å²) in [6.45, 7) is 7.82. The molecule has 0 bridgehead atoms. The van der Waals surface area contributed by atoms with E-state index in [0.717, 1.165) is 71.5 Å². The molecule has 1 N–H and O–H groups in total. The second-order valence-electron chi connectivity index (χ2n) is 8.98. The average Bonchev–Trinajstić information content (AvgIpc) is 2.82. The van der Waals surface area contributed by atoms with Gasteiger partial charge in [-0.3, -0.25) is 4.79 Å². The normalized spacial score (nSPS) is 16.9. The number of ether oxygens (including phenoxy) is 2. The van der Waals surface area contributed by atoms with Crippen LogP contribution < -0.4 is 20.3 Å². The molecule has 2 aromatic carbocycles. The third kappa shape index (κ3) is 5.10. The van der Waals surface area contributed by atoms with Gasteiger partial charge in [0.05, 0.1) is 5.52 Å². The van der Waals surface area contributed by atoms with Crippen LogP contribution in [0.5, 0.6) is 11.5 Å². The van der Waals surface area contributed by atoms with Crippen LogP contribution >= 0.6 is 15.9 Å². The number of aryl methyl sites for hydroxylation is 1. The highest BCUT2D eigenvalue weighted by Gasteiger charge is 2.19. The molecule has 1 saturated heterocycles. The van der Waals surface area contributed by atoms with Crippen molar-refractivity contribution in [2.45, 2.75) is 38.9 Å². The molecule has 3 aromatic rings. The second-order valence-corrected chi connectivity index (χ2v) is 9.83. The zero-order chi connectivity index (χ0) is 22.8. The summed E-state index contributed by atoms with van der Waals surface area (Å²) in [5.74, 6) is 1.69. The minimum atomic E-state index is 0.0657. The maximum atomic E-state index is 12.6. The summed E-state index contributed by atoms with van der Waals surface area (Å²) in [6, 6.07) is 14.5. The number of hydrogen-bond donors (Lipinski definition) is 1. The van der Waals surface area contributed by atoms with Crippen LogP contribution in [0.25, 0.3) is 10.9 Å². The van der Waals surface area contributed by atoms with Gasteiger partial charge in [-0.2, -0.15) is 0 Å². The second kappa shape index (κ2) is 9.87. The highest BCUT2D eigenvalue weighted by molar-refractivity contribution is 9.10. The standard InChI is InChI=1S/C26H30BrN3O3/c1-18-14-22(27)21-3-5-26(31)30(23(21)15-18)11-10-29-8-6-20(7-9-29)28-17-19-2-4-24-25(16-19)33-13-12-32-24/h2-5,14-16,20,28H,6-13,17H2,1H3. The van der Waals surface area contributed by atoms with Crippen LogP contribution in [-0.2, 0) is 13.1 Å². The molecule has 0 unspecified atom stereocenters. The fraction of sp³-hybridized carbons (Fsp3) is 0.423. The van der Waals surface area contributed by atoms with E-state index in [1.165, 1.54) is 5.56 Å². The lowest BCUT2D eigenvalue weighted by Crippen LogP contribution is -2.43. The minimum Gasteiger partial charge on any atom is -0.486 e. The number of benzene rings is 2. The largest absolute Gasteiger partial charge is 0.486 e. The van der Waals surface area contributed by atoms with Gasteiger partial charge in [0.1, 0.15) is 13.2 Å². The molecule has 174 valence electrons. The van der Waals surface area contributed by atoms with Gasteiger partial charge in [0.15, 0.2) is 11.5 Å². The van der Waals surface area contributed by atoms with Gasteiger partial charge in [0.2, 0.25) is 0 Å². The van der Waals surface area contributed by atoms with Gasteiger partial charge in [-0.25, -0.2) is 0 Å². The molecule has 3 heterocycles. The Morgan fingerprint density at radius 1 is 1.00 bits per heavy atom. The summed E-state index contributed by atoms with van der Waals surface area (Å²) in [5, 5.41) is 4.79. The number of pyridine rings is 1. The highest BCUT2D eigenvalue weighted by atomic mass is 79.9. The Bertz CT molecular complexity index is 1200. The molecule has 33 heavy (non-hydrogen) atoms. The molecule has 0 atom stereocenters. The van der Waals surface area contributed by atoms with Gasteiger partial charge in [0, 0.05) is 41.6 Å². The quantitative estimate of drug-likeness (QED) is 0.539. The number of hydrogen-bond acceptors (Lipinski definition) is 5. The van der Waals surface area contributed by atoms with Crippen molar-refractivity contribution in [3.8, 4) is 11.5 Å². The Balaban J connectivity index is 1.14. The topological polar surface area (TPSA) is 55.7 Å². The number of likely N-dealkylation sites (tertiary alicyclic amines) is 1. The molecule has 0 aliphatic carbocycles. The monoisotopic (exact) mass is 511 g/mol. The molecule has 0 saturated carbocycles. The molecule has 1 fully saturated rings. The summed E-state index contributed by atoms with van der Waals surface area (Å²) in [6.07, 6.45) is 2.22.